The molecule has 0 aliphatic heterocycles. The van der Waals surface area contributed by atoms with Crippen LogP contribution < -0.4 is 10.2 Å². The molecular weight excluding hydrogens is 486 g/mol. The van der Waals surface area contributed by atoms with Crippen molar-refractivity contribution in [1.82, 2.24) is 5.43 Å². The number of phenolic OH excluding ortho intramolecular Hbond substituents is 1. The lowest BCUT2D eigenvalue weighted by atomic mass is 10.0. The van der Waals surface area contributed by atoms with Crippen molar-refractivity contribution in [3.8, 4) is 11.5 Å². The van der Waals surface area contributed by atoms with Crippen molar-refractivity contribution >= 4 is 45.3 Å². The molecule has 38 heavy (non-hydrogen) atoms. The number of hydrazone groups is 1. The second kappa shape index (κ2) is 10.2. The van der Waals surface area contributed by atoms with Gasteiger partial charge in [0.05, 0.1) is 22.3 Å². The van der Waals surface area contributed by atoms with Crippen molar-refractivity contribution in [2.24, 2.45) is 5.10 Å². The van der Waals surface area contributed by atoms with Gasteiger partial charge in [0.15, 0.2) is 0 Å². The van der Waals surface area contributed by atoms with Crippen LogP contribution in [0.5, 0.6) is 11.5 Å². The highest BCUT2D eigenvalue weighted by molar-refractivity contribution is 6.05. The summed E-state index contributed by atoms with van der Waals surface area (Å²) < 4.78 is 5.38. The van der Waals surface area contributed by atoms with Gasteiger partial charge in [-0.25, -0.2) is 10.2 Å². The minimum absolute atomic E-state index is 0.0301. The Morgan fingerprint density at radius 3 is 2.29 bits per heavy atom. The Morgan fingerprint density at radius 2 is 1.53 bits per heavy atom. The molecule has 9 nitrogen and oxygen atoms in total. The third-order valence-electron chi connectivity index (χ3n) is 5.88. The molecule has 0 atom stereocenters. The smallest absolute Gasteiger partial charge is 0.344 e. The standard InChI is InChI=1S/C29H19N3O6/c33-26-16-21-8-2-1-7-20(21)15-24(26)28(34)31-30-17-18-12-13-27(25(14-18)32(36)37)38-29(35)23-11-5-9-19-6-3-4-10-22(19)23/h1-17,33H,(H,31,34)/b30-17+. The van der Waals surface area contributed by atoms with Crippen LogP contribution in [-0.4, -0.2) is 28.1 Å². The molecule has 5 rings (SSSR count). The first kappa shape index (κ1) is 24.1. The number of benzene rings is 5. The number of phenols is 1. The number of ether oxygens (including phenoxy) is 1. The molecule has 5 aromatic rings. The molecule has 0 unspecified atom stereocenters. The lowest BCUT2D eigenvalue weighted by Crippen LogP contribution is -2.17. The molecule has 5 aromatic carbocycles. The zero-order valence-electron chi connectivity index (χ0n) is 19.7. The van der Waals surface area contributed by atoms with E-state index >= 15 is 0 Å². The summed E-state index contributed by atoms with van der Waals surface area (Å²) in [6.45, 7) is 0. The van der Waals surface area contributed by atoms with Crippen LogP contribution in [0, 0.1) is 10.1 Å². The normalized spacial score (nSPS) is 11.1. The number of nitrogens with zero attached hydrogens (tertiary/aromatic N) is 2. The van der Waals surface area contributed by atoms with Gasteiger partial charge in [0, 0.05) is 11.6 Å². The van der Waals surface area contributed by atoms with E-state index < -0.39 is 22.5 Å². The predicted octanol–water partition coefficient (Wildman–Crippen LogP) is 5.59. The largest absolute Gasteiger partial charge is 0.507 e. The van der Waals surface area contributed by atoms with Gasteiger partial charge in [-0.2, -0.15) is 5.10 Å². The van der Waals surface area contributed by atoms with E-state index in [4.69, 9.17) is 4.74 Å². The quantitative estimate of drug-likeness (QED) is 0.102. The van der Waals surface area contributed by atoms with Crippen molar-refractivity contribution in [3.05, 3.63) is 124 Å². The lowest BCUT2D eigenvalue weighted by Gasteiger charge is -2.08. The fourth-order valence-corrected chi connectivity index (χ4v) is 4.04. The molecule has 0 saturated heterocycles. The van der Waals surface area contributed by atoms with Crippen LogP contribution >= 0.6 is 0 Å². The van der Waals surface area contributed by atoms with Gasteiger partial charge in [-0.15, -0.1) is 0 Å². The molecule has 0 aliphatic rings. The Balaban J connectivity index is 1.33. The monoisotopic (exact) mass is 505 g/mol. The van der Waals surface area contributed by atoms with Crippen LogP contribution in [0.1, 0.15) is 26.3 Å². The third-order valence-corrected chi connectivity index (χ3v) is 5.88. The topological polar surface area (TPSA) is 131 Å². The Labute approximate surface area is 215 Å². The Bertz CT molecular complexity index is 1760. The molecule has 9 heteroatoms. The average Bonchev–Trinajstić information content (AvgIpc) is 2.92. The van der Waals surface area contributed by atoms with E-state index in [9.17, 15) is 24.8 Å². The van der Waals surface area contributed by atoms with E-state index in [2.05, 4.69) is 10.5 Å². The number of nitrogens with one attached hydrogen (secondary N) is 1. The van der Waals surface area contributed by atoms with Gasteiger partial charge in [-0.1, -0.05) is 60.7 Å². The van der Waals surface area contributed by atoms with Gasteiger partial charge < -0.3 is 9.84 Å². The molecule has 186 valence electrons. The number of hydrogen-bond donors (Lipinski definition) is 2. The molecule has 2 N–H and O–H groups in total. The molecule has 0 spiro atoms. The maximum absolute atomic E-state index is 12.8. The number of aromatic hydroxyl groups is 1. The van der Waals surface area contributed by atoms with E-state index in [-0.39, 0.29) is 28.2 Å². The second-order valence-electron chi connectivity index (χ2n) is 8.32. The zero-order valence-corrected chi connectivity index (χ0v) is 19.7. The van der Waals surface area contributed by atoms with Crippen molar-refractivity contribution in [2.75, 3.05) is 0 Å². The summed E-state index contributed by atoms with van der Waals surface area (Å²) in [6, 6.07) is 26.6. The predicted molar refractivity (Wildman–Crippen MR) is 143 cm³/mol. The molecule has 0 radical (unpaired) electrons. The van der Waals surface area contributed by atoms with E-state index in [0.717, 1.165) is 16.2 Å². The molecule has 0 saturated carbocycles. The lowest BCUT2D eigenvalue weighted by molar-refractivity contribution is -0.385. The van der Waals surface area contributed by atoms with E-state index in [0.29, 0.717) is 5.39 Å². The fraction of sp³-hybridized carbons (Fsp3) is 0. The first-order chi connectivity index (χ1) is 18.4. The molecule has 0 bridgehead atoms. The second-order valence-corrected chi connectivity index (χ2v) is 8.32. The Hall–Kier alpha value is -5.57. The average molecular weight is 505 g/mol. The number of amides is 1. The first-order valence-electron chi connectivity index (χ1n) is 11.4. The summed E-state index contributed by atoms with van der Waals surface area (Å²) in [5, 5.41) is 28.8. The molecule has 0 heterocycles. The van der Waals surface area contributed by atoms with E-state index in [1.165, 1.54) is 30.5 Å². The summed E-state index contributed by atoms with van der Waals surface area (Å²) in [7, 11) is 0. The maximum Gasteiger partial charge on any atom is 0.344 e. The van der Waals surface area contributed by atoms with E-state index in [1.54, 1.807) is 30.3 Å². The molecule has 0 fully saturated rings. The third kappa shape index (κ3) is 4.89. The van der Waals surface area contributed by atoms with Crippen LogP contribution in [-0.2, 0) is 0 Å². The van der Waals surface area contributed by atoms with Crippen LogP contribution in [0.2, 0.25) is 0 Å². The Morgan fingerprint density at radius 1 is 0.842 bits per heavy atom. The summed E-state index contributed by atoms with van der Waals surface area (Å²) in [6.07, 6.45) is 1.21. The SMILES string of the molecule is O=C(N/N=C/c1ccc(OC(=O)c2cccc3ccccc23)c([N+](=O)[O-])c1)c1cc2ccccc2cc1O. The summed E-state index contributed by atoms with van der Waals surface area (Å²) in [5.74, 6) is -1.81. The van der Waals surface area contributed by atoms with Crippen molar-refractivity contribution in [2.45, 2.75) is 0 Å². The maximum atomic E-state index is 12.8. The number of nitro benzene ring substituents is 1. The van der Waals surface area contributed by atoms with Gasteiger partial charge in [-0.3, -0.25) is 14.9 Å². The minimum Gasteiger partial charge on any atom is -0.507 e. The molecule has 0 aliphatic carbocycles. The number of rotatable bonds is 6. The van der Waals surface area contributed by atoms with Crippen molar-refractivity contribution in [3.63, 3.8) is 0 Å². The van der Waals surface area contributed by atoms with Crippen LogP contribution in [0.15, 0.2) is 102 Å². The summed E-state index contributed by atoms with van der Waals surface area (Å²) in [4.78, 5) is 36.4. The zero-order chi connectivity index (χ0) is 26.6. The highest BCUT2D eigenvalue weighted by atomic mass is 16.6. The summed E-state index contributed by atoms with van der Waals surface area (Å²) in [5.41, 5.74) is 2.45. The molecular formula is C29H19N3O6. The molecule has 0 aromatic heterocycles. The highest BCUT2D eigenvalue weighted by Gasteiger charge is 2.21. The Kier molecular flexibility index (Phi) is 6.48. The van der Waals surface area contributed by atoms with Gasteiger partial charge in [0.25, 0.3) is 5.91 Å². The number of carbonyl (C=O) groups is 2. The molecule has 1 amide bonds. The van der Waals surface area contributed by atoms with Gasteiger partial charge in [0.1, 0.15) is 5.75 Å². The van der Waals surface area contributed by atoms with Gasteiger partial charge in [-0.05, 0) is 51.9 Å². The van der Waals surface area contributed by atoms with Crippen molar-refractivity contribution in [1.29, 1.82) is 0 Å². The van der Waals surface area contributed by atoms with E-state index in [1.807, 2.05) is 42.5 Å². The minimum atomic E-state index is -0.728. The van der Waals surface area contributed by atoms with Gasteiger partial charge >= 0.3 is 11.7 Å². The van der Waals surface area contributed by atoms with Crippen LogP contribution in [0.4, 0.5) is 5.69 Å². The number of esters is 1. The van der Waals surface area contributed by atoms with Crippen molar-refractivity contribution < 1.29 is 24.4 Å². The number of hydrogen-bond acceptors (Lipinski definition) is 7. The number of carbonyl (C=O) groups excluding carboxylic acids is 2. The summed E-state index contributed by atoms with van der Waals surface area (Å²) >= 11 is 0. The number of fused-ring (bicyclic) bond motifs is 2. The highest BCUT2D eigenvalue weighted by Crippen LogP contribution is 2.30. The van der Waals surface area contributed by atoms with Crippen LogP contribution in [0.3, 0.4) is 0 Å². The van der Waals surface area contributed by atoms with Crippen LogP contribution in [0.25, 0.3) is 21.5 Å². The first-order valence-corrected chi connectivity index (χ1v) is 11.4. The number of nitro groups is 1. The fourth-order valence-electron chi connectivity index (χ4n) is 4.04. The van der Waals surface area contributed by atoms with Gasteiger partial charge in [0.2, 0.25) is 5.75 Å².